The first-order chi connectivity index (χ1) is 9.61. The van der Waals surface area contributed by atoms with Gasteiger partial charge in [0.1, 0.15) is 0 Å². The SMILES string of the molecule is C/C=C1\CCOC1=O.CC1=CCC2C(C)CCCC2C1. The molecule has 0 bridgehead atoms. The highest BCUT2D eigenvalue weighted by Gasteiger charge is 2.31. The monoisotopic (exact) mass is 276 g/mol. The van der Waals surface area contributed by atoms with E-state index in [-0.39, 0.29) is 5.97 Å². The van der Waals surface area contributed by atoms with Crippen molar-refractivity contribution in [2.75, 3.05) is 6.61 Å². The molecule has 0 aromatic rings. The highest BCUT2D eigenvalue weighted by molar-refractivity contribution is 5.90. The molecule has 1 heterocycles. The summed E-state index contributed by atoms with van der Waals surface area (Å²) in [5, 5.41) is 0. The standard InChI is InChI=1S/C12H20.C6H8O2/c1-9-6-7-12-10(2)4-3-5-11(12)8-9;1-2-5-3-4-8-6(5)7/h6,10-12H,3-5,7-8H2,1-2H3;2H,3-4H2,1H3/b;5-2+. The van der Waals surface area contributed by atoms with E-state index < -0.39 is 0 Å². The fourth-order valence-corrected chi connectivity index (χ4v) is 3.82. The highest BCUT2D eigenvalue weighted by atomic mass is 16.5. The lowest BCUT2D eigenvalue weighted by Gasteiger charge is -2.39. The molecule has 3 rings (SSSR count). The zero-order chi connectivity index (χ0) is 14.5. The lowest BCUT2D eigenvalue weighted by atomic mass is 9.67. The molecule has 1 aliphatic heterocycles. The second-order valence-electron chi connectivity index (χ2n) is 6.52. The van der Waals surface area contributed by atoms with Crippen LogP contribution in [0.5, 0.6) is 0 Å². The van der Waals surface area contributed by atoms with Crippen molar-refractivity contribution < 1.29 is 9.53 Å². The lowest BCUT2D eigenvalue weighted by molar-refractivity contribution is -0.135. The minimum Gasteiger partial charge on any atom is -0.462 e. The van der Waals surface area contributed by atoms with Gasteiger partial charge in [-0.2, -0.15) is 0 Å². The average Bonchev–Trinajstić information content (AvgIpc) is 2.85. The van der Waals surface area contributed by atoms with Crippen molar-refractivity contribution >= 4 is 5.97 Å². The van der Waals surface area contributed by atoms with Crippen molar-refractivity contribution in [3.63, 3.8) is 0 Å². The van der Waals surface area contributed by atoms with E-state index in [1.54, 1.807) is 11.6 Å². The molecule has 0 spiro atoms. The summed E-state index contributed by atoms with van der Waals surface area (Å²) >= 11 is 0. The van der Waals surface area contributed by atoms with Gasteiger partial charge in [0, 0.05) is 12.0 Å². The van der Waals surface area contributed by atoms with Crippen LogP contribution in [0.2, 0.25) is 0 Å². The van der Waals surface area contributed by atoms with Crippen LogP contribution >= 0.6 is 0 Å². The predicted molar refractivity (Wildman–Crippen MR) is 82.3 cm³/mol. The van der Waals surface area contributed by atoms with Gasteiger partial charge in [0.05, 0.1) is 6.61 Å². The number of hydrogen-bond acceptors (Lipinski definition) is 2. The van der Waals surface area contributed by atoms with Gasteiger partial charge in [-0.15, -0.1) is 0 Å². The molecule has 112 valence electrons. The van der Waals surface area contributed by atoms with Crippen LogP contribution in [0.25, 0.3) is 0 Å². The van der Waals surface area contributed by atoms with Gasteiger partial charge in [-0.05, 0) is 50.9 Å². The number of fused-ring (bicyclic) bond motifs is 1. The quantitative estimate of drug-likeness (QED) is 0.365. The van der Waals surface area contributed by atoms with Crippen LogP contribution in [0.4, 0.5) is 0 Å². The topological polar surface area (TPSA) is 26.3 Å². The van der Waals surface area contributed by atoms with Crippen molar-refractivity contribution in [2.45, 2.75) is 59.3 Å². The fourth-order valence-electron chi connectivity index (χ4n) is 3.82. The zero-order valence-electron chi connectivity index (χ0n) is 13.2. The van der Waals surface area contributed by atoms with E-state index in [2.05, 4.69) is 24.7 Å². The van der Waals surface area contributed by atoms with Gasteiger partial charge < -0.3 is 4.74 Å². The Bertz CT molecular complexity index is 406. The van der Waals surface area contributed by atoms with Crippen LogP contribution in [0.15, 0.2) is 23.3 Å². The second-order valence-corrected chi connectivity index (χ2v) is 6.52. The number of cyclic esters (lactones) is 1. The summed E-state index contributed by atoms with van der Waals surface area (Å²) in [7, 11) is 0. The molecule has 1 saturated heterocycles. The summed E-state index contributed by atoms with van der Waals surface area (Å²) in [4.78, 5) is 10.5. The summed E-state index contributed by atoms with van der Waals surface area (Å²) in [6, 6.07) is 0. The number of ether oxygens (including phenoxy) is 1. The summed E-state index contributed by atoms with van der Waals surface area (Å²) in [6.45, 7) is 7.17. The normalized spacial score (nSPS) is 34.8. The van der Waals surface area contributed by atoms with Crippen LogP contribution in [-0.2, 0) is 9.53 Å². The molecule has 1 saturated carbocycles. The Morgan fingerprint density at radius 3 is 2.75 bits per heavy atom. The largest absolute Gasteiger partial charge is 0.462 e. The number of esters is 1. The van der Waals surface area contributed by atoms with E-state index in [1.165, 1.54) is 32.1 Å². The third kappa shape index (κ3) is 3.74. The van der Waals surface area contributed by atoms with Crippen LogP contribution in [-0.4, -0.2) is 12.6 Å². The third-order valence-electron chi connectivity index (χ3n) is 5.11. The lowest BCUT2D eigenvalue weighted by Crippen LogP contribution is -2.28. The van der Waals surface area contributed by atoms with Crippen LogP contribution in [0, 0.1) is 17.8 Å². The van der Waals surface area contributed by atoms with Crippen molar-refractivity contribution in [1.82, 2.24) is 0 Å². The first-order valence-corrected chi connectivity index (χ1v) is 8.09. The van der Waals surface area contributed by atoms with E-state index in [4.69, 9.17) is 0 Å². The van der Waals surface area contributed by atoms with E-state index in [0.717, 1.165) is 29.7 Å². The zero-order valence-corrected chi connectivity index (χ0v) is 13.2. The molecule has 2 nitrogen and oxygen atoms in total. The number of hydrogen-bond donors (Lipinski definition) is 0. The Morgan fingerprint density at radius 1 is 1.35 bits per heavy atom. The molecule has 0 aromatic heterocycles. The Balaban J connectivity index is 0.000000160. The van der Waals surface area contributed by atoms with Gasteiger partial charge in [0.15, 0.2) is 0 Å². The number of carbonyl (C=O) groups is 1. The van der Waals surface area contributed by atoms with E-state index in [0.29, 0.717) is 6.61 Å². The first-order valence-electron chi connectivity index (χ1n) is 8.09. The highest BCUT2D eigenvalue weighted by Crippen LogP contribution is 2.42. The number of rotatable bonds is 0. The molecule has 2 aliphatic carbocycles. The van der Waals surface area contributed by atoms with Crippen molar-refractivity contribution in [1.29, 1.82) is 0 Å². The van der Waals surface area contributed by atoms with Crippen molar-refractivity contribution in [3.05, 3.63) is 23.3 Å². The van der Waals surface area contributed by atoms with E-state index in [9.17, 15) is 4.79 Å². The van der Waals surface area contributed by atoms with Gasteiger partial charge in [-0.3, -0.25) is 0 Å². The molecule has 3 aliphatic rings. The molecular formula is C18H28O2. The molecular weight excluding hydrogens is 248 g/mol. The van der Waals surface area contributed by atoms with Crippen molar-refractivity contribution in [2.24, 2.45) is 17.8 Å². The minimum atomic E-state index is -0.146. The summed E-state index contributed by atoms with van der Waals surface area (Å²) < 4.78 is 4.65. The maximum Gasteiger partial charge on any atom is 0.333 e. The summed E-state index contributed by atoms with van der Waals surface area (Å²) in [5.41, 5.74) is 2.45. The van der Waals surface area contributed by atoms with Gasteiger partial charge >= 0.3 is 5.97 Å². The molecule has 0 radical (unpaired) electrons. The number of carbonyl (C=O) groups excluding carboxylic acids is 1. The van der Waals surface area contributed by atoms with Crippen LogP contribution in [0.3, 0.4) is 0 Å². The van der Waals surface area contributed by atoms with E-state index in [1.807, 2.05) is 6.92 Å². The molecule has 3 unspecified atom stereocenters. The molecule has 2 heteroatoms. The maximum absolute atomic E-state index is 10.5. The van der Waals surface area contributed by atoms with Gasteiger partial charge in [0.2, 0.25) is 0 Å². The fraction of sp³-hybridized carbons (Fsp3) is 0.722. The third-order valence-corrected chi connectivity index (χ3v) is 5.11. The minimum absolute atomic E-state index is 0.146. The van der Waals surface area contributed by atoms with Gasteiger partial charge in [0.25, 0.3) is 0 Å². The molecule has 0 aromatic carbocycles. The molecule has 0 amide bonds. The summed E-state index contributed by atoms with van der Waals surface area (Å²) in [6.07, 6.45) is 12.3. The maximum atomic E-state index is 10.5. The molecule has 20 heavy (non-hydrogen) atoms. The Kier molecular flexibility index (Phi) is 5.45. The van der Waals surface area contributed by atoms with Crippen LogP contribution < -0.4 is 0 Å². The van der Waals surface area contributed by atoms with Gasteiger partial charge in [-0.25, -0.2) is 4.79 Å². The smallest absolute Gasteiger partial charge is 0.333 e. The summed E-state index contributed by atoms with van der Waals surface area (Å²) in [5.74, 6) is 2.92. The van der Waals surface area contributed by atoms with Gasteiger partial charge in [-0.1, -0.05) is 37.5 Å². The van der Waals surface area contributed by atoms with E-state index >= 15 is 0 Å². The molecule has 0 N–H and O–H groups in total. The number of allylic oxidation sites excluding steroid dienone is 3. The Labute approximate surface area is 123 Å². The van der Waals surface area contributed by atoms with Crippen LogP contribution in [0.1, 0.15) is 59.3 Å². The Hall–Kier alpha value is -1.05. The average molecular weight is 276 g/mol. The Morgan fingerprint density at radius 2 is 2.15 bits per heavy atom. The molecule has 3 atom stereocenters. The first kappa shape index (κ1) is 15.3. The second kappa shape index (κ2) is 7.10. The van der Waals surface area contributed by atoms with Crippen molar-refractivity contribution in [3.8, 4) is 0 Å². The molecule has 2 fully saturated rings. The predicted octanol–water partition coefficient (Wildman–Crippen LogP) is 4.66.